The zero-order valence-corrected chi connectivity index (χ0v) is 14.4. The van der Waals surface area contributed by atoms with E-state index in [0.717, 1.165) is 25.8 Å². The fourth-order valence-corrected chi connectivity index (χ4v) is 3.14. The van der Waals surface area contributed by atoms with Gasteiger partial charge in [-0.15, -0.1) is 10.2 Å². The van der Waals surface area contributed by atoms with Gasteiger partial charge in [-0.3, -0.25) is 9.47 Å². The topological polar surface area (TPSA) is 95.3 Å². The van der Waals surface area contributed by atoms with Gasteiger partial charge < -0.3 is 15.7 Å². The molecule has 1 saturated heterocycles. The summed E-state index contributed by atoms with van der Waals surface area (Å²) in [7, 11) is 0. The van der Waals surface area contributed by atoms with Gasteiger partial charge in [0.2, 0.25) is 0 Å². The predicted molar refractivity (Wildman–Crippen MR) is 94.6 cm³/mol. The van der Waals surface area contributed by atoms with Gasteiger partial charge in [0.15, 0.2) is 0 Å². The van der Waals surface area contributed by atoms with Crippen molar-refractivity contribution in [2.75, 3.05) is 31.6 Å². The van der Waals surface area contributed by atoms with Crippen molar-refractivity contribution in [3.8, 4) is 5.69 Å². The summed E-state index contributed by atoms with van der Waals surface area (Å²) in [5, 5.41) is 22.1. The number of halogens is 1. The fourth-order valence-electron chi connectivity index (χ4n) is 3.14. The number of aromatic nitrogens is 3. The van der Waals surface area contributed by atoms with Crippen molar-refractivity contribution >= 4 is 11.7 Å². The van der Waals surface area contributed by atoms with Crippen LogP contribution in [0.3, 0.4) is 0 Å². The monoisotopic (exact) mass is 362 g/mol. The van der Waals surface area contributed by atoms with Crippen LogP contribution in [0.1, 0.15) is 19.3 Å². The normalized spacial score (nSPS) is 17.8. The minimum absolute atomic E-state index is 0.0832. The summed E-state index contributed by atoms with van der Waals surface area (Å²) in [6.45, 7) is 2.13. The smallest absolute Gasteiger partial charge is 0.319 e. The van der Waals surface area contributed by atoms with Gasteiger partial charge >= 0.3 is 6.03 Å². The highest BCUT2D eigenvalue weighted by atomic mass is 19.1. The second kappa shape index (κ2) is 8.72. The molecule has 1 aromatic heterocycles. The second-order valence-electron chi connectivity index (χ2n) is 6.28. The van der Waals surface area contributed by atoms with Gasteiger partial charge in [0.25, 0.3) is 0 Å². The third-order valence-electron chi connectivity index (χ3n) is 4.56. The number of likely N-dealkylation sites (tertiary alicyclic amines) is 1. The molecule has 0 radical (unpaired) electrons. The van der Waals surface area contributed by atoms with Crippen LogP contribution in [0.15, 0.2) is 30.9 Å². The van der Waals surface area contributed by atoms with Gasteiger partial charge in [-0.05, 0) is 37.6 Å². The summed E-state index contributed by atoms with van der Waals surface area (Å²) in [6, 6.07) is 4.07. The highest BCUT2D eigenvalue weighted by Crippen LogP contribution is 2.19. The highest BCUT2D eigenvalue weighted by molar-refractivity contribution is 5.89. The maximum absolute atomic E-state index is 14.0. The summed E-state index contributed by atoms with van der Waals surface area (Å²) in [5.41, 5.74) is 0.728. The molecule has 2 heterocycles. The predicted octanol–water partition coefficient (Wildman–Crippen LogP) is 1.37. The van der Waals surface area contributed by atoms with E-state index in [1.54, 1.807) is 10.6 Å². The number of aliphatic hydroxyl groups is 1. The standard InChI is InChI=1S/C17H23FN6O2/c18-15-5-4-13(24-11-20-21-12-24)9-16(15)22-17(26)19-6-8-23-7-2-1-3-14(23)10-25/h4-5,9,11-12,14,25H,1-3,6-8,10H2,(H2,19,22,26)/t14-/m1/s1. The molecule has 0 bridgehead atoms. The molecule has 3 N–H and O–H groups in total. The lowest BCUT2D eigenvalue weighted by Gasteiger charge is -2.34. The van der Waals surface area contributed by atoms with Crippen LogP contribution < -0.4 is 10.6 Å². The molecule has 1 atom stereocenters. The van der Waals surface area contributed by atoms with E-state index in [1.807, 2.05) is 0 Å². The second-order valence-corrected chi connectivity index (χ2v) is 6.28. The van der Waals surface area contributed by atoms with E-state index >= 15 is 0 Å². The van der Waals surface area contributed by atoms with E-state index < -0.39 is 11.8 Å². The maximum Gasteiger partial charge on any atom is 0.319 e. The van der Waals surface area contributed by atoms with Crippen LogP contribution in [0.25, 0.3) is 5.69 Å². The fraction of sp³-hybridized carbons (Fsp3) is 0.471. The number of piperidine rings is 1. The molecule has 1 fully saturated rings. The summed E-state index contributed by atoms with van der Waals surface area (Å²) in [6.07, 6.45) is 6.19. The molecule has 1 aliphatic rings. The third-order valence-corrected chi connectivity index (χ3v) is 4.56. The van der Waals surface area contributed by atoms with Crippen LogP contribution in [0, 0.1) is 5.82 Å². The molecule has 0 saturated carbocycles. The first-order valence-corrected chi connectivity index (χ1v) is 8.71. The van der Waals surface area contributed by atoms with Crippen molar-refractivity contribution in [2.24, 2.45) is 0 Å². The number of nitrogens with zero attached hydrogens (tertiary/aromatic N) is 4. The Morgan fingerprint density at radius 3 is 2.88 bits per heavy atom. The Hall–Kier alpha value is -2.52. The van der Waals surface area contributed by atoms with Gasteiger partial charge in [0.05, 0.1) is 18.0 Å². The molecule has 8 nitrogen and oxygen atoms in total. The molecule has 2 amide bonds. The molecule has 26 heavy (non-hydrogen) atoms. The van der Waals surface area contributed by atoms with E-state index in [0.29, 0.717) is 18.8 Å². The number of benzene rings is 1. The molecule has 0 spiro atoms. The van der Waals surface area contributed by atoms with Crippen LogP contribution in [0.4, 0.5) is 14.9 Å². The molecular weight excluding hydrogens is 339 g/mol. The first kappa shape index (κ1) is 18.3. The summed E-state index contributed by atoms with van der Waals surface area (Å²) in [5.74, 6) is -0.520. The van der Waals surface area contributed by atoms with Crippen molar-refractivity contribution in [1.82, 2.24) is 25.0 Å². The van der Waals surface area contributed by atoms with E-state index in [4.69, 9.17) is 0 Å². The highest BCUT2D eigenvalue weighted by Gasteiger charge is 2.21. The van der Waals surface area contributed by atoms with E-state index in [1.165, 1.54) is 24.8 Å². The quantitative estimate of drug-likeness (QED) is 0.722. The van der Waals surface area contributed by atoms with Gasteiger partial charge in [0, 0.05) is 19.1 Å². The number of hydrogen-bond donors (Lipinski definition) is 3. The van der Waals surface area contributed by atoms with E-state index in [2.05, 4.69) is 25.7 Å². The number of amides is 2. The minimum atomic E-state index is -0.520. The van der Waals surface area contributed by atoms with Gasteiger partial charge in [-0.25, -0.2) is 9.18 Å². The Morgan fingerprint density at radius 2 is 2.12 bits per heavy atom. The Labute approximate surface area is 151 Å². The van der Waals surface area contributed by atoms with E-state index in [-0.39, 0.29) is 18.3 Å². The van der Waals surface area contributed by atoms with Crippen molar-refractivity contribution in [1.29, 1.82) is 0 Å². The summed E-state index contributed by atoms with van der Waals surface area (Å²) >= 11 is 0. The Balaban J connectivity index is 1.52. The van der Waals surface area contributed by atoms with Gasteiger partial charge in [-0.2, -0.15) is 0 Å². The Bertz CT molecular complexity index is 724. The van der Waals surface area contributed by atoms with Crippen molar-refractivity contribution in [3.05, 3.63) is 36.7 Å². The molecule has 9 heteroatoms. The molecule has 140 valence electrons. The first-order chi connectivity index (χ1) is 12.7. The molecule has 2 aromatic rings. The number of rotatable bonds is 6. The number of carbonyl (C=O) groups is 1. The number of anilines is 1. The molecule has 3 rings (SSSR count). The lowest BCUT2D eigenvalue weighted by Crippen LogP contribution is -2.46. The van der Waals surface area contributed by atoms with Crippen molar-refractivity contribution in [2.45, 2.75) is 25.3 Å². The number of carbonyl (C=O) groups excluding carboxylic acids is 1. The van der Waals surface area contributed by atoms with Gasteiger partial charge in [0.1, 0.15) is 18.5 Å². The average Bonchev–Trinajstić information content (AvgIpc) is 3.18. The summed E-state index contributed by atoms with van der Waals surface area (Å²) < 4.78 is 15.6. The van der Waals surface area contributed by atoms with E-state index in [9.17, 15) is 14.3 Å². The zero-order valence-electron chi connectivity index (χ0n) is 14.4. The molecule has 1 aliphatic heterocycles. The zero-order chi connectivity index (χ0) is 18.4. The first-order valence-electron chi connectivity index (χ1n) is 8.71. The molecule has 0 aliphatic carbocycles. The Morgan fingerprint density at radius 1 is 1.31 bits per heavy atom. The maximum atomic E-state index is 14.0. The van der Waals surface area contributed by atoms with Crippen molar-refractivity contribution in [3.63, 3.8) is 0 Å². The summed E-state index contributed by atoms with van der Waals surface area (Å²) in [4.78, 5) is 14.2. The van der Waals surface area contributed by atoms with Gasteiger partial charge in [-0.1, -0.05) is 6.42 Å². The number of urea groups is 1. The largest absolute Gasteiger partial charge is 0.395 e. The minimum Gasteiger partial charge on any atom is -0.395 e. The average molecular weight is 362 g/mol. The lowest BCUT2D eigenvalue weighted by atomic mass is 10.0. The Kier molecular flexibility index (Phi) is 6.13. The lowest BCUT2D eigenvalue weighted by molar-refractivity contribution is 0.0917. The van der Waals surface area contributed by atoms with Crippen LogP contribution >= 0.6 is 0 Å². The number of hydrogen-bond acceptors (Lipinski definition) is 5. The molecular formula is C17H23FN6O2. The third kappa shape index (κ3) is 4.55. The van der Waals surface area contributed by atoms with Crippen LogP contribution in [-0.4, -0.2) is 63.1 Å². The SMILES string of the molecule is O=C(NCCN1CCCC[C@@H]1CO)Nc1cc(-n2cnnc2)ccc1F. The number of aliphatic hydroxyl groups excluding tert-OH is 1. The van der Waals surface area contributed by atoms with Crippen LogP contribution in [-0.2, 0) is 0 Å². The van der Waals surface area contributed by atoms with Crippen molar-refractivity contribution < 1.29 is 14.3 Å². The molecule has 1 aromatic carbocycles. The van der Waals surface area contributed by atoms with Crippen LogP contribution in [0.2, 0.25) is 0 Å². The number of nitrogens with one attached hydrogen (secondary N) is 2. The van der Waals surface area contributed by atoms with Crippen LogP contribution in [0.5, 0.6) is 0 Å². The molecule has 0 unspecified atom stereocenters.